The number of hydrogen-bond donors (Lipinski definition) is 0. The van der Waals surface area contributed by atoms with Crippen LogP contribution in [0.15, 0.2) is 6.20 Å². The van der Waals surface area contributed by atoms with Crippen molar-refractivity contribution in [1.29, 1.82) is 0 Å². The molecule has 0 radical (unpaired) electrons. The summed E-state index contributed by atoms with van der Waals surface area (Å²) in [5, 5.41) is 0.410. The lowest BCUT2D eigenvalue weighted by Crippen LogP contribution is -2.43. The van der Waals surface area contributed by atoms with E-state index in [0.717, 1.165) is 19.4 Å². The van der Waals surface area contributed by atoms with Gasteiger partial charge in [-0.2, -0.15) is 4.98 Å². The summed E-state index contributed by atoms with van der Waals surface area (Å²) in [5.41, 5.74) is 0. The first-order valence-electron chi connectivity index (χ1n) is 5.66. The number of likely N-dealkylation sites (tertiary alicyclic amines) is 1. The zero-order chi connectivity index (χ0) is 13.1. The molecule has 1 aromatic heterocycles. The molecule has 0 spiro atoms. The number of carbonyl (C=O) groups excluding carboxylic acids is 1. The molecule has 1 aliphatic heterocycles. The molecule has 1 fully saturated rings. The molecular weight excluding hydrogens is 277 g/mol. The molecule has 18 heavy (non-hydrogen) atoms. The predicted molar refractivity (Wildman–Crippen MR) is 68.0 cm³/mol. The van der Waals surface area contributed by atoms with E-state index in [0.29, 0.717) is 11.6 Å². The summed E-state index contributed by atoms with van der Waals surface area (Å²) < 4.78 is 5.69. The van der Waals surface area contributed by atoms with Crippen LogP contribution in [0.3, 0.4) is 0 Å². The standard InChI is InChI=1S/C11H13Cl2N3O2/c1-7(17)16-4-2-3-8(6-16)18-10-9(12)5-14-11(13)15-10/h5,8H,2-4,6H2,1H3/t8-/m1/s1. The molecule has 1 saturated heterocycles. The van der Waals surface area contributed by atoms with E-state index in [-0.39, 0.29) is 23.2 Å². The number of piperidine rings is 1. The molecule has 2 rings (SSSR count). The molecule has 7 heteroatoms. The molecule has 0 aromatic carbocycles. The second-order valence-electron chi connectivity index (χ2n) is 4.14. The van der Waals surface area contributed by atoms with Crippen molar-refractivity contribution in [3.05, 3.63) is 16.5 Å². The SMILES string of the molecule is CC(=O)N1CCC[C@@H](Oc2nc(Cl)ncc2Cl)C1. The first-order valence-corrected chi connectivity index (χ1v) is 6.42. The minimum absolute atomic E-state index is 0.0510. The van der Waals surface area contributed by atoms with Gasteiger partial charge in [0.25, 0.3) is 0 Å². The molecule has 0 unspecified atom stereocenters. The van der Waals surface area contributed by atoms with Crippen LogP contribution in [-0.4, -0.2) is 40.0 Å². The third kappa shape index (κ3) is 3.23. The Balaban J connectivity index is 2.04. The van der Waals surface area contributed by atoms with Gasteiger partial charge in [0.2, 0.25) is 17.1 Å². The van der Waals surface area contributed by atoms with Crippen molar-refractivity contribution in [2.45, 2.75) is 25.9 Å². The summed E-state index contributed by atoms with van der Waals surface area (Å²) in [5.74, 6) is 0.321. The van der Waals surface area contributed by atoms with Crippen molar-refractivity contribution in [3.8, 4) is 5.88 Å². The monoisotopic (exact) mass is 289 g/mol. The maximum Gasteiger partial charge on any atom is 0.237 e. The Labute approximate surface area is 115 Å². The van der Waals surface area contributed by atoms with Crippen molar-refractivity contribution in [1.82, 2.24) is 14.9 Å². The predicted octanol–water partition coefficient (Wildman–Crippen LogP) is 2.17. The number of hydrogen-bond acceptors (Lipinski definition) is 4. The Hall–Kier alpha value is -1.07. The molecule has 5 nitrogen and oxygen atoms in total. The van der Waals surface area contributed by atoms with Crippen molar-refractivity contribution in [2.75, 3.05) is 13.1 Å². The molecule has 0 bridgehead atoms. The van der Waals surface area contributed by atoms with Crippen LogP contribution in [0.4, 0.5) is 0 Å². The molecule has 1 atom stereocenters. The highest BCUT2D eigenvalue weighted by Gasteiger charge is 2.24. The number of amides is 1. The van der Waals surface area contributed by atoms with Gasteiger partial charge in [-0.1, -0.05) is 11.6 Å². The van der Waals surface area contributed by atoms with Crippen LogP contribution in [0.25, 0.3) is 0 Å². The minimum atomic E-state index is -0.105. The molecule has 0 saturated carbocycles. The third-order valence-corrected chi connectivity index (χ3v) is 3.23. The van der Waals surface area contributed by atoms with Crippen molar-refractivity contribution < 1.29 is 9.53 Å². The van der Waals surface area contributed by atoms with Gasteiger partial charge in [0.15, 0.2) is 0 Å². The lowest BCUT2D eigenvalue weighted by molar-refractivity contribution is -0.131. The van der Waals surface area contributed by atoms with Crippen LogP contribution in [-0.2, 0) is 4.79 Å². The molecule has 0 N–H and O–H groups in total. The lowest BCUT2D eigenvalue weighted by Gasteiger charge is -2.31. The minimum Gasteiger partial charge on any atom is -0.471 e. The highest BCUT2D eigenvalue weighted by molar-refractivity contribution is 6.32. The van der Waals surface area contributed by atoms with E-state index >= 15 is 0 Å². The highest BCUT2D eigenvalue weighted by Crippen LogP contribution is 2.25. The summed E-state index contributed by atoms with van der Waals surface area (Å²) in [4.78, 5) is 20.8. The summed E-state index contributed by atoms with van der Waals surface area (Å²) in [6, 6.07) is 0. The smallest absolute Gasteiger partial charge is 0.237 e. The van der Waals surface area contributed by atoms with Gasteiger partial charge < -0.3 is 9.64 Å². The van der Waals surface area contributed by atoms with Crippen molar-refractivity contribution in [2.24, 2.45) is 0 Å². The second kappa shape index (κ2) is 5.71. The summed E-state index contributed by atoms with van der Waals surface area (Å²) in [6.45, 7) is 2.87. The van der Waals surface area contributed by atoms with Crippen molar-refractivity contribution >= 4 is 29.1 Å². The maximum absolute atomic E-state index is 11.3. The Morgan fingerprint density at radius 2 is 2.33 bits per heavy atom. The highest BCUT2D eigenvalue weighted by atomic mass is 35.5. The van der Waals surface area contributed by atoms with Crippen LogP contribution >= 0.6 is 23.2 Å². The Kier molecular flexibility index (Phi) is 4.24. The largest absolute Gasteiger partial charge is 0.471 e. The Bertz CT molecular complexity index is 456. The molecule has 98 valence electrons. The second-order valence-corrected chi connectivity index (χ2v) is 4.88. The van der Waals surface area contributed by atoms with E-state index in [1.165, 1.54) is 6.20 Å². The normalized spacial score (nSPS) is 19.7. The fourth-order valence-corrected chi connectivity index (χ4v) is 2.15. The first-order chi connectivity index (χ1) is 8.56. The average molecular weight is 290 g/mol. The fraction of sp³-hybridized carbons (Fsp3) is 0.545. The molecule has 0 aliphatic carbocycles. The van der Waals surface area contributed by atoms with Crippen LogP contribution in [0.1, 0.15) is 19.8 Å². The van der Waals surface area contributed by atoms with E-state index in [2.05, 4.69) is 9.97 Å². The number of nitrogens with zero attached hydrogens (tertiary/aromatic N) is 3. The van der Waals surface area contributed by atoms with Gasteiger partial charge in [-0.3, -0.25) is 4.79 Å². The summed E-state index contributed by atoms with van der Waals surface area (Å²) in [6.07, 6.45) is 3.06. The average Bonchev–Trinajstić information content (AvgIpc) is 2.34. The summed E-state index contributed by atoms with van der Waals surface area (Å²) >= 11 is 11.6. The van der Waals surface area contributed by atoms with Gasteiger partial charge in [-0.15, -0.1) is 0 Å². The number of ether oxygens (including phenoxy) is 1. The molecular formula is C11H13Cl2N3O2. The van der Waals surface area contributed by atoms with Crippen LogP contribution < -0.4 is 4.74 Å². The van der Waals surface area contributed by atoms with Crippen molar-refractivity contribution in [3.63, 3.8) is 0 Å². The van der Waals surface area contributed by atoms with Gasteiger partial charge in [-0.05, 0) is 24.4 Å². The molecule has 1 aliphatic rings. The van der Waals surface area contributed by atoms with Gasteiger partial charge >= 0.3 is 0 Å². The van der Waals surface area contributed by atoms with E-state index in [9.17, 15) is 4.79 Å². The number of carbonyl (C=O) groups is 1. The third-order valence-electron chi connectivity index (χ3n) is 2.78. The van der Waals surface area contributed by atoms with Crippen LogP contribution in [0, 0.1) is 0 Å². The van der Waals surface area contributed by atoms with Gasteiger partial charge in [-0.25, -0.2) is 4.98 Å². The van der Waals surface area contributed by atoms with Crippen LogP contribution in [0.5, 0.6) is 5.88 Å². The van der Waals surface area contributed by atoms with E-state index in [4.69, 9.17) is 27.9 Å². The van der Waals surface area contributed by atoms with Crippen LogP contribution in [0.2, 0.25) is 10.3 Å². The zero-order valence-corrected chi connectivity index (χ0v) is 11.4. The Morgan fingerprint density at radius 1 is 1.56 bits per heavy atom. The number of halogens is 2. The van der Waals surface area contributed by atoms with E-state index in [1.807, 2.05) is 0 Å². The molecule has 2 heterocycles. The zero-order valence-electron chi connectivity index (χ0n) is 9.90. The Morgan fingerprint density at radius 3 is 3.06 bits per heavy atom. The first kappa shape index (κ1) is 13.4. The summed E-state index contributed by atoms with van der Waals surface area (Å²) in [7, 11) is 0. The maximum atomic E-state index is 11.3. The van der Waals surface area contributed by atoms with Gasteiger partial charge in [0.05, 0.1) is 12.7 Å². The number of aromatic nitrogens is 2. The van der Waals surface area contributed by atoms with E-state index < -0.39 is 0 Å². The lowest BCUT2D eigenvalue weighted by atomic mass is 10.1. The molecule has 1 aromatic rings. The molecule has 1 amide bonds. The fourth-order valence-electron chi connectivity index (χ4n) is 1.89. The number of rotatable bonds is 2. The van der Waals surface area contributed by atoms with Gasteiger partial charge in [0, 0.05) is 13.5 Å². The van der Waals surface area contributed by atoms with Gasteiger partial charge in [0.1, 0.15) is 11.1 Å². The quantitative estimate of drug-likeness (QED) is 0.783. The van der Waals surface area contributed by atoms with E-state index in [1.54, 1.807) is 11.8 Å². The topological polar surface area (TPSA) is 55.3 Å².